The van der Waals surface area contributed by atoms with Crippen molar-refractivity contribution in [1.82, 2.24) is 4.31 Å². The number of aryl methyl sites for hydroxylation is 1. The second-order valence-corrected chi connectivity index (χ2v) is 12.2. The lowest BCUT2D eigenvalue weighted by atomic mass is 10.2. The molecule has 1 aliphatic rings. The molecule has 0 bridgehead atoms. The molecule has 3 aromatic rings. The van der Waals surface area contributed by atoms with E-state index in [9.17, 15) is 21.6 Å². The van der Waals surface area contributed by atoms with Gasteiger partial charge >= 0.3 is 0 Å². The van der Waals surface area contributed by atoms with E-state index < -0.39 is 26.0 Å². The molecule has 3 aromatic carbocycles. The molecule has 4 rings (SSSR count). The van der Waals surface area contributed by atoms with Crippen LogP contribution in [0, 0.1) is 6.92 Å². The number of carbonyl (C=O) groups is 1. The topological polar surface area (TPSA) is 113 Å². The molecular weight excluding hydrogens is 502 g/mol. The third-order valence-corrected chi connectivity index (χ3v) is 9.61. The van der Waals surface area contributed by atoms with Crippen molar-refractivity contribution < 1.29 is 26.4 Å². The minimum atomic E-state index is -3.74. The maximum absolute atomic E-state index is 12.9. The van der Waals surface area contributed by atoms with Gasteiger partial charge in [0.15, 0.2) is 0 Å². The molecule has 1 saturated heterocycles. The smallest absolute Gasteiger partial charge is 0.264 e. The van der Waals surface area contributed by atoms with Crippen LogP contribution in [0.15, 0.2) is 82.6 Å². The fourth-order valence-electron chi connectivity index (χ4n) is 3.68. The number of carbonyl (C=O) groups excluding carboxylic acids is 1. The number of hydrogen-bond donors (Lipinski definition) is 1. The minimum absolute atomic E-state index is 0.143. The first-order chi connectivity index (χ1) is 17.1. The molecule has 0 aliphatic carbocycles. The Morgan fingerprint density at radius 1 is 0.833 bits per heavy atom. The zero-order valence-corrected chi connectivity index (χ0v) is 21.6. The molecule has 190 valence electrons. The molecule has 36 heavy (non-hydrogen) atoms. The summed E-state index contributed by atoms with van der Waals surface area (Å²) in [5.41, 5.74) is 2.12. The van der Waals surface area contributed by atoms with Gasteiger partial charge in [0, 0.05) is 31.4 Å². The molecule has 0 saturated carbocycles. The average Bonchev–Trinajstić information content (AvgIpc) is 2.89. The minimum Gasteiger partial charge on any atom is -0.379 e. The van der Waals surface area contributed by atoms with E-state index in [-0.39, 0.29) is 9.79 Å². The Kier molecular flexibility index (Phi) is 7.46. The molecule has 1 amide bonds. The average molecular weight is 530 g/mol. The van der Waals surface area contributed by atoms with E-state index in [1.807, 2.05) is 6.92 Å². The van der Waals surface area contributed by atoms with Crippen LogP contribution in [-0.2, 0) is 24.8 Å². The summed E-state index contributed by atoms with van der Waals surface area (Å²) in [5.74, 6) is -0.408. The molecular formula is C25H27N3O6S2. The Labute approximate surface area is 211 Å². The van der Waals surface area contributed by atoms with Crippen LogP contribution in [0.3, 0.4) is 0 Å². The van der Waals surface area contributed by atoms with Gasteiger partial charge in [0.05, 0.1) is 28.7 Å². The third-order valence-electron chi connectivity index (χ3n) is 5.89. The van der Waals surface area contributed by atoms with Crippen LogP contribution < -0.4 is 9.62 Å². The molecule has 1 N–H and O–H groups in total. The molecule has 9 nitrogen and oxygen atoms in total. The van der Waals surface area contributed by atoms with Crippen molar-refractivity contribution in [2.45, 2.75) is 16.7 Å². The number of benzene rings is 3. The molecule has 1 aliphatic heterocycles. The first kappa shape index (κ1) is 25.8. The summed E-state index contributed by atoms with van der Waals surface area (Å²) in [6.07, 6.45) is 0. The normalized spacial score (nSPS) is 14.8. The highest BCUT2D eigenvalue weighted by molar-refractivity contribution is 7.92. The number of nitrogens with zero attached hydrogens (tertiary/aromatic N) is 2. The monoisotopic (exact) mass is 529 g/mol. The number of anilines is 2. The number of ether oxygens (including phenoxy) is 1. The molecule has 0 aromatic heterocycles. The van der Waals surface area contributed by atoms with Gasteiger partial charge in [-0.3, -0.25) is 9.10 Å². The Bertz CT molecular complexity index is 1430. The molecule has 1 heterocycles. The summed E-state index contributed by atoms with van der Waals surface area (Å²) in [6, 6.07) is 18.7. The zero-order valence-electron chi connectivity index (χ0n) is 19.9. The summed E-state index contributed by atoms with van der Waals surface area (Å²) in [5, 5.41) is 2.73. The highest BCUT2D eigenvalue weighted by Gasteiger charge is 2.26. The van der Waals surface area contributed by atoms with Crippen LogP contribution in [0.5, 0.6) is 0 Å². The van der Waals surface area contributed by atoms with E-state index in [0.717, 1.165) is 9.87 Å². The SMILES string of the molecule is Cc1ccc(S(=O)(=O)N(C)c2ccc(C(=O)Nc3ccc(S(=O)(=O)N4CCOCC4)cc3)cc2)cc1. The molecule has 11 heteroatoms. The number of amides is 1. The van der Waals surface area contributed by atoms with Gasteiger partial charge in [-0.1, -0.05) is 17.7 Å². The van der Waals surface area contributed by atoms with E-state index in [4.69, 9.17) is 4.74 Å². The lowest BCUT2D eigenvalue weighted by molar-refractivity contribution is 0.0730. The highest BCUT2D eigenvalue weighted by atomic mass is 32.2. The van der Waals surface area contributed by atoms with Gasteiger partial charge in [-0.15, -0.1) is 0 Å². The first-order valence-electron chi connectivity index (χ1n) is 11.2. The predicted octanol–water partition coefficient (Wildman–Crippen LogP) is 3.09. The quantitative estimate of drug-likeness (QED) is 0.503. The van der Waals surface area contributed by atoms with Gasteiger partial charge in [-0.25, -0.2) is 16.8 Å². The van der Waals surface area contributed by atoms with Crippen LogP contribution in [0.25, 0.3) is 0 Å². The summed E-state index contributed by atoms with van der Waals surface area (Å²) < 4.78 is 59.0. The van der Waals surface area contributed by atoms with Crippen LogP contribution in [0.2, 0.25) is 0 Å². The number of morpholine rings is 1. The number of hydrogen-bond acceptors (Lipinski definition) is 6. The van der Waals surface area contributed by atoms with E-state index in [2.05, 4.69) is 5.32 Å². The Hall–Kier alpha value is -3.25. The van der Waals surface area contributed by atoms with Crippen molar-refractivity contribution in [3.8, 4) is 0 Å². The third kappa shape index (κ3) is 5.44. The van der Waals surface area contributed by atoms with Crippen LogP contribution in [0.4, 0.5) is 11.4 Å². The number of sulfonamides is 2. The summed E-state index contributed by atoms with van der Waals surface area (Å²) in [6.45, 7) is 3.21. The maximum atomic E-state index is 12.9. The largest absolute Gasteiger partial charge is 0.379 e. The molecule has 0 unspecified atom stereocenters. The van der Waals surface area contributed by atoms with E-state index in [1.165, 1.54) is 47.8 Å². The lowest BCUT2D eigenvalue weighted by Gasteiger charge is -2.26. The summed E-state index contributed by atoms with van der Waals surface area (Å²) >= 11 is 0. The van der Waals surface area contributed by atoms with Crippen LogP contribution in [0.1, 0.15) is 15.9 Å². The van der Waals surface area contributed by atoms with Crippen molar-refractivity contribution in [3.05, 3.63) is 83.9 Å². The van der Waals surface area contributed by atoms with E-state index in [1.54, 1.807) is 36.4 Å². The van der Waals surface area contributed by atoms with Gasteiger partial charge in [0.25, 0.3) is 15.9 Å². The van der Waals surface area contributed by atoms with Crippen LogP contribution in [-0.4, -0.2) is 60.4 Å². The van der Waals surface area contributed by atoms with Gasteiger partial charge in [0.1, 0.15) is 0 Å². The summed E-state index contributed by atoms with van der Waals surface area (Å²) in [7, 11) is -5.91. The number of rotatable bonds is 7. The fraction of sp³-hybridized carbons (Fsp3) is 0.240. The van der Waals surface area contributed by atoms with Gasteiger partial charge in [0.2, 0.25) is 10.0 Å². The summed E-state index contributed by atoms with van der Waals surface area (Å²) in [4.78, 5) is 13.0. The van der Waals surface area contributed by atoms with Crippen molar-refractivity contribution in [2.24, 2.45) is 0 Å². The van der Waals surface area contributed by atoms with Crippen LogP contribution >= 0.6 is 0 Å². The van der Waals surface area contributed by atoms with Crippen molar-refractivity contribution in [3.63, 3.8) is 0 Å². The Morgan fingerprint density at radius 2 is 1.39 bits per heavy atom. The lowest BCUT2D eigenvalue weighted by Crippen LogP contribution is -2.40. The van der Waals surface area contributed by atoms with Gasteiger partial charge in [-0.05, 0) is 67.6 Å². The van der Waals surface area contributed by atoms with Gasteiger partial charge in [-0.2, -0.15) is 4.31 Å². The van der Waals surface area contributed by atoms with Gasteiger partial charge < -0.3 is 10.1 Å². The zero-order chi connectivity index (χ0) is 25.9. The van der Waals surface area contributed by atoms with Crippen molar-refractivity contribution >= 4 is 37.3 Å². The maximum Gasteiger partial charge on any atom is 0.264 e. The molecule has 0 atom stereocenters. The van der Waals surface area contributed by atoms with E-state index >= 15 is 0 Å². The van der Waals surface area contributed by atoms with Crippen molar-refractivity contribution in [1.29, 1.82) is 0 Å². The predicted molar refractivity (Wildman–Crippen MR) is 137 cm³/mol. The van der Waals surface area contributed by atoms with E-state index in [0.29, 0.717) is 43.2 Å². The second-order valence-electron chi connectivity index (χ2n) is 8.33. The standard InChI is InChI=1S/C25H27N3O6S2/c1-19-3-11-23(12-4-19)35(30,31)27(2)22-9-5-20(6-10-22)25(29)26-21-7-13-24(14-8-21)36(32,33)28-15-17-34-18-16-28/h3-14H,15-18H2,1-2H3,(H,26,29). The Balaban J connectivity index is 1.43. The first-order valence-corrected chi connectivity index (χ1v) is 14.1. The highest BCUT2D eigenvalue weighted by Crippen LogP contribution is 2.24. The molecule has 0 spiro atoms. The Morgan fingerprint density at radius 3 is 1.97 bits per heavy atom. The second kappa shape index (κ2) is 10.4. The fourth-order valence-corrected chi connectivity index (χ4v) is 6.28. The number of nitrogens with one attached hydrogen (secondary N) is 1. The molecule has 0 radical (unpaired) electrons. The molecule has 1 fully saturated rings. The van der Waals surface area contributed by atoms with Crippen molar-refractivity contribution in [2.75, 3.05) is 43.0 Å².